The third kappa shape index (κ3) is 3.55. The molecule has 2 atom stereocenters. The molecule has 0 aromatic heterocycles. The molecule has 1 heterocycles. The van der Waals surface area contributed by atoms with Crippen LogP contribution in [0.2, 0.25) is 18.1 Å². The molecule has 0 saturated carbocycles. The van der Waals surface area contributed by atoms with Crippen LogP contribution in [0.5, 0.6) is 0 Å². The summed E-state index contributed by atoms with van der Waals surface area (Å²) in [7, 11) is -1.63. The van der Waals surface area contributed by atoms with Gasteiger partial charge in [-0.3, -0.25) is 0 Å². The predicted octanol–water partition coefficient (Wildman–Crippen LogP) is 2.36. The fourth-order valence-corrected chi connectivity index (χ4v) is 2.41. The Morgan fingerprint density at radius 2 is 2.00 bits per heavy atom. The molecule has 1 N–H and O–H groups in total. The van der Waals surface area contributed by atoms with Crippen LogP contribution in [0.4, 0.5) is 0 Å². The second kappa shape index (κ2) is 4.53. The van der Waals surface area contributed by atoms with Crippen molar-refractivity contribution in [2.45, 2.75) is 51.6 Å². The maximum Gasteiger partial charge on any atom is 0.191 e. The molecule has 1 unspecified atom stereocenters. The number of rotatable bonds is 3. The number of aliphatic hydroxyl groups is 1. The van der Waals surface area contributed by atoms with Gasteiger partial charge in [-0.05, 0) is 18.1 Å². The van der Waals surface area contributed by atoms with Crippen LogP contribution in [-0.2, 0) is 9.16 Å². The third-order valence-corrected chi connectivity index (χ3v) is 8.05. The molecule has 90 valence electrons. The van der Waals surface area contributed by atoms with Gasteiger partial charge in [-0.25, -0.2) is 0 Å². The first kappa shape index (κ1) is 13.2. The van der Waals surface area contributed by atoms with Gasteiger partial charge in [0.25, 0.3) is 0 Å². The van der Waals surface area contributed by atoms with Gasteiger partial charge in [0.15, 0.2) is 14.6 Å². The van der Waals surface area contributed by atoms with Gasteiger partial charge in [-0.2, -0.15) is 0 Å². The number of ether oxygens (including phenoxy) is 1. The summed E-state index contributed by atoms with van der Waals surface area (Å²) in [6, 6.07) is 0. The molecule has 0 bridgehead atoms. The summed E-state index contributed by atoms with van der Waals surface area (Å²) >= 11 is 0. The maximum absolute atomic E-state index is 9.22. The molecule has 1 aliphatic heterocycles. The highest BCUT2D eigenvalue weighted by Gasteiger charge is 2.38. The summed E-state index contributed by atoms with van der Waals surface area (Å²) in [5, 5.41) is 9.48. The second-order valence-electron chi connectivity index (χ2n) is 5.96. The Labute approximate surface area is 93.9 Å². The van der Waals surface area contributed by atoms with Crippen LogP contribution >= 0.6 is 0 Å². The molecule has 1 aliphatic rings. The van der Waals surface area contributed by atoms with Crippen molar-refractivity contribution in [2.75, 3.05) is 13.2 Å². The molecule has 0 amide bonds. The first-order chi connectivity index (χ1) is 6.72. The second-order valence-corrected chi connectivity index (χ2v) is 10.8. The summed E-state index contributed by atoms with van der Waals surface area (Å²) < 4.78 is 11.2. The monoisotopic (exact) mass is 232 g/mol. The minimum absolute atomic E-state index is 0.255. The number of aliphatic hydroxyl groups excluding tert-OH is 1. The highest BCUT2D eigenvalue weighted by atomic mass is 28.4. The van der Waals surface area contributed by atoms with Crippen molar-refractivity contribution in [1.29, 1.82) is 0 Å². The van der Waals surface area contributed by atoms with E-state index in [2.05, 4.69) is 33.9 Å². The normalized spacial score (nSPS) is 28.4. The molecule has 0 spiro atoms. The lowest BCUT2D eigenvalue weighted by Crippen LogP contribution is -2.42. The van der Waals surface area contributed by atoms with Crippen molar-refractivity contribution in [3.63, 3.8) is 0 Å². The molecule has 0 aromatic rings. The largest absolute Gasteiger partial charge is 0.416 e. The van der Waals surface area contributed by atoms with Gasteiger partial charge in [-0.15, -0.1) is 0 Å². The summed E-state index contributed by atoms with van der Waals surface area (Å²) in [6.07, 6.45) is 0.146. The van der Waals surface area contributed by atoms with E-state index < -0.39 is 14.6 Å². The van der Waals surface area contributed by atoms with Crippen molar-refractivity contribution in [3.8, 4) is 0 Å². The van der Waals surface area contributed by atoms with Crippen molar-refractivity contribution in [3.05, 3.63) is 0 Å². The summed E-state index contributed by atoms with van der Waals surface area (Å²) in [6.45, 7) is 12.6. The summed E-state index contributed by atoms with van der Waals surface area (Å²) in [4.78, 5) is 0. The first-order valence-corrected chi connectivity index (χ1v) is 8.57. The highest BCUT2D eigenvalue weighted by molar-refractivity contribution is 6.74. The van der Waals surface area contributed by atoms with Gasteiger partial charge in [0.2, 0.25) is 0 Å². The fraction of sp³-hybridized carbons (Fsp3) is 1.00. The molecule has 0 aliphatic carbocycles. The quantitative estimate of drug-likeness (QED) is 0.759. The molecular weight excluding hydrogens is 208 g/mol. The van der Waals surface area contributed by atoms with Crippen LogP contribution in [0.3, 0.4) is 0 Å². The molecule has 1 rings (SSSR count). The van der Waals surface area contributed by atoms with Gasteiger partial charge in [0, 0.05) is 18.9 Å². The lowest BCUT2D eigenvalue weighted by atomic mass is 10.1. The Morgan fingerprint density at radius 3 is 2.40 bits per heavy atom. The minimum atomic E-state index is -1.63. The lowest BCUT2D eigenvalue weighted by molar-refractivity contribution is -0.0592. The SMILES string of the molecule is CC(C)(C)[Si](C)(C)OC[C@H]1COC(O)C1. The Kier molecular flexibility index (Phi) is 3.98. The van der Waals surface area contributed by atoms with Crippen LogP contribution < -0.4 is 0 Å². The zero-order chi connectivity index (χ0) is 11.7. The smallest absolute Gasteiger partial charge is 0.191 e. The van der Waals surface area contributed by atoms with Gasteiger partial charge >= 0.3 is 0 Å². The van der Waals surface area contributed by atoms with E-state index in [0.717, 1.165) is 6.61 Å². The van der Waals surface area contributed by atoms with E-state index >= 15 is 0 Å². The average Bonchev–Trinajstić information content (AvgIpc) is 2.46. The van der Waals surface area contributed by atoms with E-state index in [1.165, 1.54) is 0 Å². The molecule has 1 saturated heterocycles. The standard InChI is InChI=1S/C11H24O3Si/c1-11(2,3)15(4,5)14-8-9-6-10(12)13-7-9/h9-10,12H,6-8H2,1-5H3/t9-,10?/m1/s1. The Hall–Kier alpha value is 0.0969. The van der Waals surface area contributed by atoms with Crippen LogP contribution in [0.1, 0.15) is 27.2 Å². The van der Waals surface area contributed by atoms with Crippen LogP contribution in [-0.4, -0.2) is 32.9 Å². The molecule has 4 heteroatoms. The molecule has 15 heavy (non-hydrogen) atoms. The van der Waals surface area contributed by atoms with Crippen LogP contribution in [0.25, 0.3) is 0 Å². The average molecular weight is 232 g/mol. The molecule has 3 nitrogen and oxygen atoms in total. The highest BCUT2D eigenvalue weighted by Crippen LogP contribution is 2.37. The predicted molar refractivity (Wildman–Crippen MR) is 63.2 cm³/mol. The van der Waals surface area contributed by atoms with Crippen molar-refractivity contribution in [2.24, 2.45) is 5.92 Å². The van der Waals surface area contributed by atoms with E-state index in [4.69, 9.17) is 9.16 Å². The van der Waals surface area contributed by atoms with E-state index in [1.54, 1.807) is 0 Å². The zero-order valence-electron chi connectivity index (χ0n) is 10.5. The van der Waals surface area contributed by atoms with Crippen molar-refractivity contribution in [1.82, 2.24) is 0 Å². The number of hydrogen-bond donors (Lipinski definition) is 1. The van der Waals surface area contributed by atoms with Crippen molar-refractivity contribution < 1.29 is 14.3 Å². The third-order valence-electron chi connectivity index (χ3n) is 3.55. The van der Waals surface area contributed by atoms with Gasteiger partial charge in [-0.1, -0.05) is 20.8 Å². The topological polar surface area (TPSA) is 38.7 Å². The summed E-state index contributed by atoms with van der Waals surface area (Å²) in [5.74, 6) is 0.370. The minimum Gasteiger partial charge on any atom is -0.416 e. The van der Waals surface area contributed by atoms with Gasteiger partial charge in [0.1, 0.15) is 0 Å². The molecule has 0 radical (unpaired) electrons. The molecule has 0 aromatic carbocycles. The van der Waals surface area contributed by atoms with Gasteiger partial charge < -0.3 is 14.3 Å². The Balaban J connectivity index is 2.36. The van der Waals surface area contributed by atoms with Crippen LogP contribution in [0.15, 0.2) is 0 Å². The zero-order valence-corrected chi connectivity index (χ0v) is 11.5. The van der Waals surface area contributed by atoms with E-state index in [9.17, 15) is 5.11 Å². The van der Waals surface area contributed by atoms with Crippen LogP contribution in [0, 0.1) is 5.92 Å². The Morgan fingerprint density at radius 1 is 1.40 bits per heavy atom. The fourth-order valence-electron chi connectivity index (χ4n) is 1.33. The lowest BCUT2D eigenvalue weighted by Gasteiger charge is -2.36. The van der Waals surface area contributed by atoms with E-state index in [-0.39, 0.29) is 5.04 Å². The van der Waals surface area contributed by atoms with E-state index in [1.807, 2.05) is 0 Å². The number of hydrogen-bond acceptors (Lipinski definition) is 3. The van der Waals surface area contributed by atoms with E-state index in [0.29, 0.717) is 18.9 Å². The van der Waals surface area contributed by atoms with Crippen molar-refractivity contribution >= 4 is 8.32 Å². The Bertz CT molecular complexity index is 210. The maximum atomic E-state index is 9.22. The summed E-state index contributed by atoms with van der Waals surface area (Å²) in [5.41, 5.74) is 0. The first-order valence-electron chi connectivity index (χ1n) is 5.66. The van der Waals surface area contributed by atoms with Gasteiger partial charge in [0.05, 0.1) is 6.61 Å². The molecular formula is C11H24O3Si. The molecule has 1 fully saturated rings.